The van der Waals surface area contributed by atoms with Crippen LogP contribution in [0.5, 0.6) is 0 Å². The number of amides is 1. The minimum absolute atomic E-state index is 0.0501. The van der Waals surface area contributed by atoms with Gasteiger partial charge >= 0.3 is 25.7 Å². The quantitative estimate of drug-likeness (QED) is 0.0149. The summed E-state index contributed by atoms with van der Waals surface area (Å²) in [6, 6.07) is 0. The molecular weight excluding hydrogens is 1010 g/mol. The minimum Gasteiger partial charge on any atom is -0.462 e. The number of rotatable bonds is 50. The smallest absolute Gasteiger partial charge is 0.462 e. The lowest BCUT2D eigenvalue weighted by molar-refractivity contribution is -0.161. The summed E-state index contributed by atoms with van der Waals surface area (Å²) >= 11 is 0. The van der Waals surface area contributed by atoms with Gasteiger partial charge in [-0.15, -0.1) is 0 Å². The largest absolute Gasteiger partial charge is 0.472 e. The van der Waals surface area contributed by atoms with E-state index in [0.29, 0.717) is 12.8 Å². The Kier molecular flexibility index (Phi) is 45.2. The van der Waals surface area contributed by atoms with Crippen molar-refractivity contribution in [3.63, 3.8) is 0 Å². The van der Waals surface area contributed by atoms with E-state index in [1.807, 2.05) is 25.2 Å². The fourth-order valence-corrected chi connectivity index (χ4v) is 10.1. The van der Waals surface area contributed by atoms with Crippen LogP contribution in [0.15, 0.2) is 83.1 Å². The molecule has 1 amide bonds. The van der Waals surface area contributed by atoms with E-state index in [1.54, 1.807) is 0 Å². The van der Waals surface area contributed by atoms with Crippen LogP contribution in [0.4, 0.5) is 0 Å². The Labute approximate surface area is 481 Å². The number of esters is 3. The molecular formula is C66H112NO11P. The lowest BCUT2D eigenvalue weighted by Crippen LogP contribution is -2.30. The predicted octanol–water partition coefficient (Wildman–Crippen LogP) is 18.0. The van der Waals surface area contributed by atoms with Crippen LogP contribution < -0.4 is 5.32 Å². The Hall–Kier alpha value is -3.83. The second-order valence-electron chi connectivity index (χ2n) is 22.4. The van der Waals surface area contributed by atoms with E-state index < -0.39 is 38.4 Å². The molecule has 0 saturated carbocycles. The average molecular weight is 1130 g/mol. The first kappa shape index (κ1) is 73.2. The minimum atomic E-state index is -4.64. The number of phosphoric acid groups is 1. The molecule has 0 fully saturated rings. The van der Waals surface area contributed by atoms with Crippen molar-refractivity contribution >= 4 is 31.6 Å². The van der Waals surface area contributed by atoms with E-state index >= 15 is 0 Å². The van der Waals surface area contributed by atoms with Crippen molar-refractivity contribution in [3.05, 3.63) is 83.1 Å². The summed E-state index contributed by atoms with van der Waals surface area (Å²) in [5.41, 5.74) is 5.20. The van der Waals surface area contributed by atoms with E-state index in [-0.39, 0.29) is 69.8 Å². The molecule has 0 aliphatic heterocycles. The van der Waals surface area contributed by atoms with Crippen molar-refractivity contribution in [2.75, 3.05) is 33.0 Å². The third-order valence-electron chi connectivity index (χ3n) is 14.3. The summed E-state index contributed by atoms with van der Waals surface area (Å²) in [5, 5.41) is 2.61. The number of allylic oxidation sites excluding steroid dienone is 13. The molecule has 452 valence electrons. The highest BCUT2D eigenvalue weighted by molar-refractivity contribution is 7.47. The third-order valence-corrected chi connectivity index (χ3v) is 15.3. The molecule has 79 heavy (non-hydrogen) atoms. The highest BCUT2D eigenvalue weighted by Gasteiger charge is 2.27. The molecule has 2 N–H and O–H groups in total. The summed E-state index contributed by atoms with van der Waals surface area (Å²) < 4.78 is 39.5. The maximum absolute atomic E-state index is 12.9. The Morgan fingerprint density at radius 2 is 1.13 bits per heavy atom. The predicted molar refractivity (Wildman–Crippen MR) is 325 cm³/mol. The molecule has 1 rings (SSSR count). The summed E-state index contributed by atoms with van der Waals surface area (Å²) in [4.78, 5) is 60.7. The Bertz CT molecular complexity index is 1910. The number of hydrogen-bond acceptors (Lipinski definition) is 10. The average Bonchev–Trinajstić information content (AvgIpc) is 3.40. The van der Waals surface area contributed by atoms with Gasteiger partial charge in [0.15, 0.2) is 6.10 Å². The molecule has 0 saturated heterocycles. The van der Waals surface area contributed by atoms with Crippen molar-refractivity contribution in [1.82, 2.24) is 5.32 Å². The summed E-state index contributed by atoms with van der Waals surface area (Å²) in [7, 11) is -4.64. The van der Waals surface area contributed by atoms with E-state index in [1.165, 1.54) is 101 Å². The molecule has 0 spiro atoms. The van der Waals surface area contributed by atoms with Crippen molar-refractivity contribution in [1.29, 1.82) is 0 Å². The molecule has 0 aromatic heterocycles. The zero-order chi connectivity index (χ0) is 58.1. The number of nitrogens with one attached hydrogen (secondary N) is 1. The molecule has 0 radical (unpaired) electrons. The van der Waals surface area contributed by atoms with Crippen LogP contribution in [0.2, 0.25) is 0 Å². The van der Waals surface area contributed by atoms with Gasteiger partial charge in [-0.3, -0.25) is 28.2 Å². The van der Waals surface area contributed by atoms with Gasteiger partial charge in [-0.05, 0) is 128 Å². The van der Waals surface area contributed by atoms with Crippen LogP contribution in [-0.4, -0.2) is 67.8 Å². The standard InChI is InChI=1S/C66H112NO11P/c1-8-10-12-14-16-18-20-22-24-26-28-30-32-34-36-45-64(70)75-55-60(78-65(71)46-37-35-33-31-29-27-25-23-21-19-17-15-13-11-9-2)56-77-79(72,73)76-54-52-67-62(68)44-39-47-63(69)74-53-50-58(4)42-38-41-57(3)48-49-61-59(5)43-40-51-66(61,6)7/h22-25,38,41-42,48-50,60H,8-21,26-37,39-40,43-47,51-56H2,1-7H3,(H,67,68)(H,72,73)/t60-/m1/s1. The molecule has 0 bridgehead atoms. The van der Waals surface area contributed by atoms with Crippen molar-refractivity contribution in [2.24, 2.45) is 5.41 Å². The lowest BCUT2D eigenvalue weighted by Gasteiger charge is -2.32. The molecule has 0 heterocycles. The van der Waals surface area contributed by atoms with Gasteiger partial charge in [0.1, 0.15) is 13.2 Å². The maximum atomic E-state index is 12.9. The second kappa shape index (κ2) is 48.8. The number of unbranched alkanes of at least 4 members (excludes halogenated alkanes) is 22. The topological polar surface area (TPSA) is 164 Å². The van der Waals surface area contributed by atoms with Crippen LogP contribution in [-0.2, 0) is 47.0 Å². The van der Waals surface area contributed by atoms with E-state index in [0.717, 1.165) is 94.6 Å². The fraction of sp³-hybridized carbons (Fsp3) is 0.727. The zero-order valence-electron chi connectivity index (χ0n) is 50.9. The normalized spacial score (nSPS) is 15.4. The third kappa shape index (κ3) is 44.5. The van der Waals surface area contributed by atoms with Crippen LogP contribution in [0.3, 0.4) is 0 Å². The van der Waals surface area contributed by atoms with Crippen LogP contribution in [0, 0.1) is 5.41 Å². The number of carbonyl (C=O) groups is 4. The summed E-state index contributed by atoms with van der Waals surface area (Å²) in [6.07, 6.45) is 54.4. The number of ether oxygens (including phenoxy) is 3. The molecule has 0 aromatic rings. The first-order chi connectivity index (χ1) is 38.1. The second-order valence-corrected chi connectivity index (χ2v) is 23.9. The van der Waals surface area contributed by atoms with E-state index in [4.69, 9.17) is 23.3 Å². The fourth-order valence-electron chi connectivity index (χ4n) is 9.39. The molecule has 2 atom stereocenters. The Morgan fingerprint density at radius 3 is 1.68 bits per heavy atom. The van der Waals surface area contributed by atoms with Crippen LogP contribution in [0.25, 0.3) is 0 Å². The molecule has 1 aliphatic carbocycles. The van der Waals surface area contributed by atoms with Gasteiger partial charge in [0, 0.05) is 32.2 Å². The summed E-state index contributed by atoms with van der Waals surface area (Å²) in [5.74, 6) is -1.72. The van der Waals surface area contributed by atoms with Gasteiger partial charge in [0.05, 0.1) is 13.2 Å². The number of hydrogen-bond donors (Lipinski definition) is 2. The van der Waals surface area contributed by atoms with Gasteiger partial charge < -0.3 is 24.4 Å². The number of phosphoric ester groups is 1. The van der Waals surface area contributed by atoms with Gasteiger partial charge in [-0.1, -0.05) is 202 Å². The van der Waals surface area contributed by atoms with Gasteiger partial charge in [0.2, 0.25) is 5.91 Å². The van der Waals surface area contributed by atoms with Crippen LogP contribution in [0.1, 0.15) is 267 Å². The van der Waals surface area contributed by atoms with Gasteiger partial charge in [-0.25, -0.2) is 4.57 Å². The highest BCUT2D eigenvalue weighted by atomic mass is 31.2. The van der Waals surface area contributed by atoms with E-state index in [9.17, 15) is 28.6 Å². The van der Waals surface area contributed by atoms with Crippen molar-refractivity contribution < 1.29 is 51.9 Å². The summed E-state index contributed by atoms with van der Waals surface area (Å²) in [6.45, 7) is 14.2. The lowest BCUT2D eigenvalue weighted by atomic mass is 9.72. The maximum Gasteiger partial charge on any atom is 0.472 e. The van der Waals surface area contributed by atoms with Crippen LogP contribution >= 0.6 is 7.82 Å². The van der Waals surface area contributed by atoms with Crippen molar-refractivity contribution in [2.45, 2.75) is 273 Å². The molecule has 1 aliphatic rings. The first-order valence-corrected chi connectivity index (χ1v) is 32.7. The van der Waals surface area contributed by atoms with Gasteiger partial charge in [-0.2, -0.15) is 0 Å². The monoisotopic (exact) mass is 1130 g/mol. The zero-order valence-corrected chi connectivity index (χ0v) is 51.8. The molecule has 1 unspecified atom stereocenters. The molecule has 0 aromatic carbocycles. The number of carbonyl (C=O) groups excluding carboxylic acids is 4. The van der Waals surface area contributed by atoms with E-state index in [2.05, 4.69) is 89.4 Å². The van der Waals surface area contributed by atoms with Gasteiger partial charge in [0.25, 0.3) is 0 Å². The molecule has 12 nitrogen and oxygen atoms in total. The Balaban J connectivity index is 2.47. The molecule has 13 heteroatoms. The van der Waals surface area contributed by atoms with Crippen molar-refractivity contribution in [3.8, 4) is 0 Å². The first-order valence-electron chi connectivity index (χ1n) is 31.2. The Morgan fingerprint density at radius 1 is 0.620 bits per heavy atom. The highest BCUT2D eigenvalue weighted by Crippen LogP contribution is 2.43. The SMILES string of the molecule is CCCCCCCCC=CCCCCCCCC(=O)OC[C@H](COP(=O)(O)OCCNC(=O)CCCC(=O)OCC=C(C)C=CC=C(C)C=CC1=C(C)CCCC1(C)C)OC(=O)CCCCCCCC=CCCCCCCCC.